The number of cyclic esters (lactones) is 6. The van der Waals surface area contributed by atoms with Gasteiger partial charge in [0.2, 0.25) is 11.8 Å². The standard InChI is InChI=1S/C18H15F2N3O4.C18H17N3O4.C17H15N3O5.C14H12F2N2O4.C14H14N2O4.C13H12N2O5/c1-22-12-4-3-11-10(15(12)18(19,20)16(22)24)8-13-14(27-17(25)23(11)13)5-2-9-6-7-26-21-9;1-20-13-3-4-14-11(12(13)9-17(20)22)8-15-16(25-18(23)21(14)15)5-2-10-6-7-24-19-10;1-19-12-4-3-11-10(15(12)25-16(19)21)8-13-14(24-17(22)20(11)13)5-2-9-6-7-23-18-9;1-17-8-3-2-7-6(11(8)14(15,16)12(17)20)4-9-10(5-19)22-13(21)18(7)9;1-15-9-2-3-10-7(8(9)5-13(15)18)4-11-12(6-17)20-14(19)16(10)11;1-14-8-3-2-7-6(11(8)20-12(14)17)4-9-10(5-16)19-13(18)15(7)9/h3-4,6-7,13-14H,2,5,8H2,1H3;3-4,6-7,15-16H,2,5,8-9H2,1H3;3-4,6-7,13-14H,2,5,8H2,1H3;2-3,9-10,19H,4-5H2,1H3;2-3,11-12,17H,4-6H2,1H3;2-3,9-10,16H,4-5H2,1H3/t13-,14-;15-,16-;13-,14-;9-,10-;11-,12-;9-,10-/m000000/s1. The van der Waals surface area contributed by atoms with Crippen molar-refractivity contribution in [2.45, 2.75) is 175 Å². The molecular formula is C94H85F4N15O26. The topological polar surface area (TPSA) is 468 Å². The smallest absolute Gasteiger partial charge is 0.419 e. The van der Waals surface area contributed by atoms with Crippen LogP contribution in [0.5, 0.6) is 0 Å². The number of aliphatic hydroxyl groups is 3. The molecule has 21 heterocycles. The number of anilines is 10. The average Bonchev–Trinajstić information content (AvgIpc) is 1.52. The molecule has 0 unspecified atom stereocenters. The Morgan fingerprint density at radius 1 is 0.317 bits per heavy atom. The highest BCUT2D eigenvalue weighted by molar-refractivity contribution is 6.11. The van der Waals surface area contributed by atoms with Gasteiger partial charge < -0.3 is 85.7 Å². The second-order valence-electron chi connectivity index (χ2n) is 36.4. The number of aliphatic hydroxyl groups excluding tert-OH is 3. The summed E-state index contributed by atoms with van der Waals surface area (Å²) >= 11 is 0. The number of rotatable bonds is 12. The van der Waals surface area contributed by atoms with Gasteiger partial charge in [0.1, 0.15) is 55.4 Å². The molecule has 10 amide bonds. The number of hydrogen-bond acceptors (Lipinski definition) is 29. The summed E-state index contributed by atoms with van der Waals surface area (Å²) in [5.41, 5.74) is 17.0. The molecule has 16 aliphatic heterocycles. The highest BCUT2D eigenvalue weighted by Crippen LogP contribution is 2.56. The van der Waals surface area contributed by atoms with E-state index in [0.29, 0.717) is 110 Å². The van der Waals surface area contributed by atoms with Crippen molar-refractivity contribution in [3.63, 3.8) is 0 Å². The monoisotopic (exact) mass is 1920 g/mol. The summed E-state index contributed by atoms with van der Waals surface area (Å²) in [5.74, 6) is -10.4. The largest absolute Gasteiger partial charge is 0.444 e. The molecule has 41 nitrogen and oxygen atoms in total. The Balaban J connectivity index is 0.0000000964. The summed E-state index contributed by atoms with van der Waals surface area (Å²) in [7, 11) is 9.51. The molecule has 6 aromatic carbocycles. The number of alkyl halides is 4. The third kappa shape index (κ3) is 13.7. The zero-order valence-electron chi connectivity index (χ0n) is 74.8. The van der Waals surface area contributed by atoms with Crippen LogP contribution < -0.4 is 60.5 Å². The van der Waals surface area contributed by atoms with Gasteiger partial charge in [0.15, 0.2) is 11.2 Å². The van der Waals surface area contributed by atoms with E-state index >= 15 is 0 Å². The van der Waals surface area contributed by atoms with Crippen molar-refractivity contribution in [3.8, 4) is 0 Å². The lowest BCUT2D eigenvalue weighted by atomic mass is 9.96. The Morgan fingerprint density at radius 3 is 0.878 bits per heavy atom. The van der Waals surface area contributed by atoms with Crippen LogP contribution in [0.1, 0.15) is 92.0 Å². The van der Waals surface area contributed by atoms with Gasteiger partial charge in [-0.1, -0.05) is 15.5 Å². The summed E-state index contributed by atoms with van der Waals surface area (Å²) in [6, 6.07) is 24.8. The fourth-order valence-electron chi connectivity index (χ4n) is 22.5. The highest BCUT2D eigenvalue weighted by Gasteiger charge is 2.61. The lowest BCUT2D eigenvalue weighted by Gasteiger charge is -2.16. The number of benzene rings is 6. The minimum Gasteiger partial charge on any atom is -0.444 e. The van der Waals surface area contributed by atoms with Crippen molar-refractivity contribution in [2.75, 3.05) is 97.0 Å². The first-order valence-electron chi connectivity index (χ1n) is 45.0. The number of ether oxygens (including phenoxy) is 6. The number of aromatic nitrogens is 5. The normalized spacial score (nSPS) is 24.7. The molecule has 0 spiro atoms. The molecule has 720 valence electrons. The molecule has 5 aromatic heterocycles. The summed E-state index contributed by atoms with van der Waals surface area (Å²) in [6.45, 7) is -0.775. The summed E-state index contributed by atoms with van der Waals surface area (Å²) in [5, 5.41) is 39.5. The van der Waals surface area contributed by atoms with Crippen LogP contribution in [0, 0.1) is 0 Å². The van der Waals surface area contributed by atoms with Crippen LogP contribution in [-0.4, -0.2) is 221 Å². The fraction of sp³-hybridized carbons (Fsp3) is 0.394. The van der Waals surface area contributed by atoms with Crippen LogP contribution in [0.3, 0.4) is 0 Å². The van der Waals surface area contributed by atoms with E-state index in [9.17, 15) is 90.4 Å². The van der Waals surface area contributed by atoms with Gasteiger partial charge in [0, 0.05) is 95.8 Å². The van der Waals surface area contributed by atoms with Crippen LogP contribution in [0.4, 0.5) is 103 Å². The minimum absolute atomic E-state index is 0.0121. The van der Waals surface area contributed by atoms with Crippen molar-refractivity contribution in [2.24, 2.45) is 14.1 Å². The lowest BCUT2D eigenvalue weighted by Crippen LogP contribution is -2.35. The molecule has 11 aromatic rings. The Morgan fingerprint density at radius 2 is 0.576 bits per heavy atom. The minimum atomic E-state index is -3.60. The predicted octanol–water partition coefficient (Wildman–Crippen LogP) is 8.52. The lowest BCUT2D eigenvalue weighted by molar-refractivity contribution is -0.141. The molecule has 45 heteroatoms. The maximum absolute atomic E-state index is 14.6. The number of carbonyl (C=O) groups is 10. The van der Waals surface area contributed by atoms with E-state index in [1.54, 1.807) is 101 Å². The van der Waals surface area contributed by atoms with Gasteiger partial charge in [0.25, 0.3) is 0 Å². The van der Waals surface area contributed by atoms with Crippen LogP contribution in [0.25, 0.3) is 22.2 Å². The second kappa shape index (κ2) is 32.9. The Hall–Kier alpha value is -15.4. The molecule has 6 fully saturated rings. The molecule has 0 bridgehead atoms. The van der Waals surface area contributed by atoms with Crippen molar-refractivity contribution in [1.82, 2.24) is 24.6 Å². The Labute approximate surface area is 781 Å². The van der Waals surface area contributed by atoms with Crippen LogP contribution >= 0.6 is 0 Å². The van der Waals surface area contributed by atoms with Gasteiger partial charge in [0.05, 0.1) is 154 Å². The van der Waals surface area contributed by atoms with Crippen molar-refractivity contribution in [3.05, 3.63) is 204 Å². The van der Waals surface area contributed by atoms with Gasteiger partial charge in [-0.25, -0.2) is 38.4 Å². The molecule has 16 aliphatic rings. The van der Waals surface area contributed by atoms with Crippen molar-refractivity contribution in [1.29, 1.82) is 0 Å². The molecule has 0 aliphatic carbocycles. The first-order chi connectivity index (χ1) is 66.8. The number of fused-ring (bicyclic) bond motifs is 30. The number of oxazole rings is 2. The quantitative estimate of drug-likeness (QED) is 0.0761. The molecule has 3 N–H and O–H groups in total. The van der Waals surface area contributed by atoms with Gasteiger partial charge in [-0.15, -0.1) is 0 Å². The van der Waals surface area contributed by atoms with E-state index in [0.717, 1.165) is 101 Å². The van der Waals surface area contributed by atoms with E-state index in [4.69, 9.17) is 50.8 Å². The van der Waals surface area contributed by atoms with Crippen LogP contribution in [0.15, 0.2) is 142 Å². The number of carbonyl (C=O) groups excluding carboxylic acids is 10. The molecule has 0 radical (unpaired) electrons. The molecule has 139 heavy (non-hydrogen) atoms. The summed E-state index contributed by atoms with van der Waals surface area (Å²) < 4.78 is 118. The maximum Gasteiger partial charge on any atom is 0.419 e. The number of hydrogen-bond donors (Lipinski definition) is 3. The molecule has 0 saturated carbocycles. The molecule has 12 atom stereocenters. The molecular weight excluding hydrogens is 1830 g/mol. The molecule has 27 rings (SSSR count). The van der Waals surface area contributed by atoms with E-state index in [1.165, 1.54) is 62.6 Å². The average molecular weight is 1920 g/mol. The number of likely N-dealkylation sites (N-methyl/N-ethyl adjacent to an activating group) is 4. The third-order valence-corrected chi connectivity index (χ3v) is 29.4. The van der Waals surface area contributed by atoms with E-state index in [1.807, 2.05) is 36.4 Å². The van der Waals surface area contributed by atoms with E-state index in [-0.39, 0.29) is 127 Å². The number of aryl methyl sites for hydroxylation is 5. The van der Waals surface area contributed by atoms with E-state index in [2.05, 4.69) is 15.5 Å². The second-order valence-corrected chi connectivity index (χ2v) is 36.4. The van der Waals surface area contributed by atoms with Gasteiger partial charge in [-0.05, 0) is 170 Å². The van der Waals surface area contributed by atoms with E-state index < -0.39 is 90.0 Å². The molecule has 6 saturated heterocycles. The fourth-order valence-corrected chi connectivity index (χ4v) is 22.5. The van der Waals surface area contributed by atoms with Gasteiger partial charge in [-0.2, -0.15) is 17.6 Å². The van der Waals surface area contributed by atoms with Crippen LogP contribution in [0.2, 0.25) is 0 Å². The SMILES string of the molecule is CN1C(=O)C(F)(F)c2c1ccc1c2C[C@H]2[C@H](CCc3ccon3)OC(=O)N12.CN1C(=O)C(F)(F)c2c1ccc1c2C[C@H]2[C@H](CO)OC(=O)N12.CN1C(=O)Cc2c1ccc1c2C[C@H]2[C@H](CCc3ccon3)OC(=O)N12.CN1C(=O)Cc2c1ccc1c2C[C@H]2[C@H](CO)OC(=O)N12.Cn1c(=O)oc2c3c(ccc21)N1C(=O)O[C@@H](CCc2ccon2)[C@@H]1C3.Cn1c(=O)oc2c3c(ccc21)N1C(=O)O[C@@H](CO)[C@@H]1C3. The van der Waals surface area contributed by atoms with Crippen molar-refractivity contribution >= 4 is 139 Å². The summed E-state index contributed by atoms with van der Waals surface area (Å²) in [4.78, 5) is 158. The zero-order valence-corrected chi connectivity index (χ0v) is 74.8. The first-order valence-corrected chi connectivity index (χ1v) is 45.0. The first kappa shape index (κ1) is 88.8. The number of halogens is 4. The number of amides is 10. The predicted molar refractivity (Wildman–Crippen MR) is 475 cm³/mol. The number of nitrogens with zero attached hydrogens (tertiary/aromatic N) is 15. The van der Waals surface area contributed by atoms with Crippen LogP contribution in [-0.2, 0) is 144 Å². The Kier molecular flexibility index (Phi) is 21.0. The summed E-state index contributed by atoms with van der Waals surface area (Å²) in [6.07, 6.45) is 6.58. The Bertz CT molecular complexity index is 7180. The highest BCUT2D eigenvalue weighted by atomic mass is 19.3. The van der Waals surface area contributed by atoms with Gasteiger partial charge in [-0.3, -0.25) is 57.7 Å². The van der Waals surface area contributed by atoms with Crippen molar-refractivity contribution < 1.29 is 132 Å². The van der Waals surface area contributed by atoms with Gasteiger partial charge >= 0.3 is 71.7 Å². The third-order valence-electron chi connectivity index (χ3n) is 29.4. The zero-order chi connectivity index (χ0) is 97.0. The maximum atomic E-state index is 14.6.